The molecule has 1 aliphatic heterocycles. The van der Waals surface area contributed by atoms with Crippen LogP contribution in [0.3, 0.4) is 0 Å². The molecule has 0 radical (unpaired) electrons. The Morgan fingerprint density at radius 1 is 1.05 bits per heavy atom. The molecule has 1 saturated carbocycles. The first kappa shape index (κ1) is 15.1. The standard InChI is InChI=1S/C19H30N2/c1-15-8-6-11-19(16(15)2)21-13-7-12-20-18(14-21)17-9-4-3-5-10-17/h3-5,9-10,15-16,18-20H,6-8,11-14H2,1-2H3. The summed E-state index contributed by atoms with van der Waals surface area (Å²) < 4.78 is 0. The van der Waals surface area contributed by atoms with E-state index in [1.807, 2.05) is 0 Å². The van der Waals surface area contributed by atoms with Gasteiger partial charge in [0.1, 0.15) is 0 Å². The first-order chi connectivity index (χ1) is 10.3. The Balaban J connectivity index is 1.73. The van der Waals surface area contributed by atoms with Crippen LogP contribution in [0.4, 0.5) is 0 Å². The van der Waals surface area contributed by atoms with Gasteiger partial charge in [-0.2, -0.15) is 0 Å². The van der Waals surface area contributed by atoms with Crippen LogP contribution >= 0.6 is 0 Å². The van der Waals surface area contributed by atoms with Gasteiger partial charge in [0.25, 0.3) is 0 Å². The third-order valence-electron chi connectivity index (χ3n) is 5.76. The highest BCUT2D eigenvalue weighted by atomic mass is 15.2. The first-order valence-electron chi connectivity index (χ1n) is 8.78. The molecule has 1 aromatic rings. The Bertz CT molecular complexity index is 430. The monoisotopic (exact) mass is 286 g/mol. The molecule has 1 aliphatic carbocycles. The Morgan fingerprint density at radius 2 is 1.86 bits per heavy atom. The molecular weight excluding hydrogens is 256 g/mol. The van der Waals surface area contributed by atoms with Crippen molar-refractivity contribution in [1.82, 2.24) is 10.2 Å². The van der Waals surface area contributed by atoms with E-state index >= 15 is 0 Å². The summed E-state index contributed by atoms with van der Waals surface area (Å²) in [5.41, 5.74) is 1.45. The lowest BCUT2D eigenvalue weighted by atomic mass is 9.77. The van der Waals surface area contributed by atoms with Gasteiger partial charge in [0.15, 0.2) is 0 Å². The van der Waals surface area contributed by atoms with Gasteiger partial charge in [0.2, 0.25) is 0 Å². The van der Waals surface area contributed by atoms with Gasteiger partial charge >= 0.3 is 0 Å². The summed E-state index contributed by atoms with van der Waals surface area (Å²) in [6.45, 7) is 8.50. The average molecular weight is 286 g/mol. The molecule has 2 fully saturated rings. The number of rotatable bonds is 2. The lowest BCUT2D eigenvalue weighted by molar-refractivity contribution is 0.0796. The van der Waals surface area contributed by atoms with Crippen LogP contribution in [0.25, 0.3) is 0 Å². The molecule has 4 unspecified atom stereocenters. The molecule has 1 N–H and O–H groups in total. The molecule has 1 saturated heterocycles. The predicted molar refractivity (Wildman–Crippen MR) is 89.3 cm³/mol. The van der Waals surface area contributed by atoms with Crippen LogP contribution in [0.15, 0.2) is 30.3 Å². The molecule has 0 bridgehead atoms. The summed E-state index contributed by atoms with van der Waals surface area (Å²) in [5, 5.41) is 3.75. The molecule has 0 aromatic heterocycles. The predicted octanol–water partition coefficient (Wildman–Crippen LogP) is 3.85. The smallest absolute Gasteiger partial charge is 0.0449 e. The zero-order valence-electron chi connectivity index (χ0n) is 13.6. The van der Waals surface area contributed by atoms with Crippen LogP contribution in [0, 0.1) is 11.8 Å². The van der Waals surface area contributed by atoms with Gasteiger partial charge in [-0.1, -0.05) is 57.0 Å². The van der Waals surface area contributed by atoms with Crippen LogP contribution in [0.2, 0.25) is 0 Å². The summed E-state index contributed by atoms with van der Waals surface area (Å²) >= 11 is 0. The number of nitrogens with zero attached hydrogens (tertiary/aromatic N) is 1. The highest BCUT2D eigenvalue weighted by Gasteiger charge is 2.33. The van der Waals surface area contributed by atoms with Crippen molar-refractivity contribution in [1.29, 1.82) is 0 Å². The maximum absolute atomic E-state index is 3.75. The van der Waals surface area contributed by atoms with Crippen molar-refractivity contribution in [3.63, 3.8) is 0 Å². The third kappa shape index (κ3) is 3.49. The van der Waals surface area contributed by atoms with Gasteiger partial charge in [-0.15, -0.1) is 0 Å². The molecule has 116 valence electrons. The second kappa shape index (κ2) is 6.93. The fourth-order valence-electron chi connectivity index (χ4n) is 4.23. The van der Waals surface area contributed by atoms with Crippen LogP contribution < -0.4 is 5.32 Å². The fraction of sp³-hybridized carbons (Fsp3) is 0.684. The largest absolute Gasteiger partial charge is 0.309 e. The molecule has 2 heteroatoms. The minimum absolute atomic E-state index is 0.498. The van der Waals surface area contributed by atoms with Crippen molar-refractivity contribution < 1.29 is 0 Å². The van der Waals surface area contributed by atoms with Gasteiger partial charge < -0.3 is 5.32 Å². The molecule has 3 rings (SSSR count). The summed E-state index contributed by atoms with van der Waals surface area (Å²) in [4.78, 5) is 2.79. The van der Waals surface area contributed by atoms with E-state index in [1.165, 1.54) is 44.3 Å². The molecular formula is C19H30N2. The van der Waals surface area contributed by atoms with Crippen LogP contribution in [-0.2, 0) is 0 Å². The number of nitrogens with one attached hydrogen (secondary N) is 1. The van der Waals surface area contributed by atoms with E-state index in [1.54, 1.807) is 0 Å². The lowest BCUT2D eigenvalue weighted by Gasteiger charge is -2.42. The summed E-state index contributed by atoms with van der Waals surface area (Å²) in [5.74, 6) is 1.73. The number of hydrogen-bond donors (Lipinski definition) is 1. The fourth-order valence-corrected chi connectivity index (χ4v) is 4.23. The number of benzene rings is 1. The normalized spacial score (nSPS) is 35.3. The highest BCUT2D eigenvalue weighted by molar-refractivity contribution is 5.19. The Hall–Kier alpha value is -0.860. The van der Waals surface area contributed by atoms with Crippen molar-refractivity contribution in [3.05, 3.63) is 35.9 Å². The van der Waals surface area contributed by atoms with Crippen molar-refractivity contribution in [3.8, 4) is 0 Å². The first-order valence-corrected chi connectivity index (χ1v) is 8.78. The number of hydrogen-bond acceptors (Lipinski definition) is 2. The SMILES string of the molecule is CC1CCCC(N2CCCNC(c3ccccc3)C2)C1C. The second-order valence-corrected chi connectivity index (χ2v) is 7.10. The van der Waals surface area contributed by atoms with Gasteiger partial charge in [0, 0.05) is 18.6 Å². The maximum Gasteiger partial charge on any atom is 0.0449 e. The van der Waals surface area contributed by atoms with Crippen LogP contribution in [0.1, 0.15) is 51.1 Å². The minimum atomic E-state index is 0.498. The average Bonchev–Trinajstić information content (AvgIpc) is 2.77. The topological polar surface area (TPSA) is 15.3 Å². The Labute approximate surface area is 129 Å². The highest BCUT2D eigenvalue weighted by Crippen LogP contribution is 2.34. The molecule has 2 aliphatic rings. The molecule has 0 spiro atoms. The molecule has 4 atom stereocenters. The van der Waals surface area contributed by atoms with Crippen molar-refractivity contribution in [2.75, 3.05) is 19.6 Å². The molecule has 21 heavy (non-hydrogen) atoms. The molecule has 2 nitrogen and oxygen atoms in total. The van der Waals surface area contributed by atoms with E-state index in [9.17, 15) is 0 Å². The second-order valence-electron chi connectivity index (χ2n) is 7.10. The molecule has 1 heterocycles. The minimum Gasteiger partial charge on any atom is -0.309 e. The third-order valence-corrected chi connectivity index (χ3v) is 5.76. The van der Waals surface area contributed by atoms with E-state index in [0.29, 0.717) is 6.04 Å². The van der Waals surface area contributed by atoms with Crippen molar-refractivity contribution >= 4 is 0 Å². The van der Waals surface area contributed by atoms with Crippen LogP contribution in [0.5, 0.6) is 0 Å². The van der Waals surface area contributed by atoms with Crippen LogP contribution in [-0.4, -0.2) is 30.6 Å². The summed E-state index contributed by atoms with van der Waals surface area (Å²) in [7, 11) is 0. The van der Waals surface area contributed by atoms with Gasteiger partial charge in [-0.3, -0.25) is 4.90 Å². The van der Waals surface area contributed by atoms with E-state index in [-0.39, 0.29) is 0 Å². The van der Waals surface area contributed by atoms with Gasteiger partial charge in [0.05, 0.1) is 0 Å². The van der Waals surface area contributed by atoms with Crippen molar-refractivity contribution in [2.45, 2.75) is 51.6 Å². The molecule has 1 aromatic carbocycles. The van der Waals surface area contributed by atoms with Crippen molar-refractivity contribution in [2.24, 2.45) is 11.8 Å². The zero-order chi connectivity index (χ0) is 14.7. The lowest BCUT2D eigenvalue weighted by Crippen LogP contribution is -2.46. The summed E-state index contributed by atoms with van der Waals surface area (Å²) in [6.07, 6.45) is 5.51. The van der Waals surface area contributed by atoms with E-state index in [2.05, 4.69) is 54.4 Å². The van der Waals surface area contributed by atoms with E-state index in [4.69, 9.17) is 0 Å². The Morgan fingerprint density at radius 3 is 2.67 bits per heavy atom. The maximum atomic E-state index is 3.75. The summed E-state index contributed by atoms with van der Waals surface area (Å²) in [6, 6.07) is 12.3. The van der Waals surface area contributed by atoms with Gasteiger partial charge in [-0.25, -0.2) is 0 Å². The Kier molecular flexibility index (Phi) is 4.97. The van der Waals surface area contributed by atoms with E-state index < -0.39 is 0 Å². The zero-order valence-corrected chi connectivity index (χ0v) is 13.6. The van der Waals surface area contributed by atoms with E-state index in [0.717, 1.165) is 24.4 Å². The molecule has 0 amide bonds. The quantitative estimate of drug-likeness (QED) is 0.888. The van der Waals surface area contributed by atoms with Gasteiger partial charge in [-0.05, 0) is 43.3 Å².